The van der Waals surface area contributed by atoms with Crippen LogP contribution in [0, 0.1) is 17.8 Å². The predicted molar refractivity (Wildman–Crippen MR) is 131 cm³/mol. The fourth-order valence-corrected chi connectivity index (χ4v) is 7.49. The average Bonchev–Trinajstić information content (AvgIpc) is 2.85. The van der Waals surface area contributed by atoms with Gasteiger partial charge in [0.2, 0.25) is 0 Å². The van der Waals surface area contributed by atoms with Crippen molar-refractivity contribution in [2.75, 3.05) is 25.1 Å². The van der Waals surface area contributed by atoms with Gasteiger partial charge in [0, 0.05) is 19.1 Å². The Morgan fingerprint density at radius 2 is 1.76 bits per heavy atom. The van der Waals surface area contributed by atoms with Crippen molar-refractivity contribution in [3.8, 4) is 5.75 Å². The molecule has 34 heavy (non-hydrogen) atoms. The number of carbonyl (C=O) groups is 1. The van der Waals surface area contributed by atoms with E-state index in [1.165, 1.54) is 5.56 Å². The summed E-state index contributed by atoms with van der Waals surface area (Å²) in [6.45, 7) is 1.86. The van der Waals surface area contributed by atoms with Crippen molar-refractivity contribution >= 4 is 11.7 Å². The molecule has 4 aliphatic carbocycles. The predicted octanol–water partition coefficient (Wildman–Crippen LogP) is 4.14. The van der Waals surface area contributed by atoms with Crippen LogP contribution in [0.2, 0.25) is 0 Å². The third kappa shape index (κ3) is 4.06. The number of rotatable bonds is 5. The maximum Gasteiger partial charge on any atom is 0.270 e. The second-order valence-electron chi connectivity index (χ2n) is 11.1. The minimum absolute atomic E-state index is 0.0700. The number of hydrogen-bond donors (Lipinski definition) is 2. The van der Waals surface area contributed by atoms with Gasteiger partial charge in [-0.2, -0.15) is 0 Å². The van der Waals surface area contributed by atoms with Gasteiger partial charge in [0.15, 0.2) is 0 Å². The Kier molecular flexibility index (Phi) is 5.51. The number of methoxy groups -OCH3 is 1. The molecule has 4 saturated carbocycles. The highest BCUT2D eigenvalue weighted by Gasteiger charge is 2.55. The Balaban J connectivity index is 1.09. The molecule has 6 nitrogen and oxygen atoms in total. The van der Waals surface area contributed by atoms with Crippen LogP contribution in [0.15, 0.2) is 42.5 Å². The lowest BCUT2D eigenvalue weighted by Crippen LogP contribution is -2.61. The maximum absolute atomic E-state index is 13.2. The molecule has 5 aliphatic rings. The van der Waals surface area contributed by atoms with E-state index in [9.17, 15) is 9.90 Å². The number of carbonyl (C=O) groups excluding carboxylic acids is 1. The van der Waals surface area contributed by atoms with Crippen molar-refractivity contribution in [2.24, 2.45) is 17.8 Å². The molecule has 4 bridgehead atoms. The van der Waals surface area contributed by atoms with Gasteiger partial charge in [-0.15, -0.1) is 0 Å². The van der Waals surface area contributed by atoms with Crippen LogP contribution in [0.5, 0.6) is 5.75 Å². The molecule has 2 heterocycles. The number of anilines is 1. The Morgan fingerprint density at radius 3 is 2.41 bits per heavy atom. The van der Waals surface area contributed by atoms with E-state index >= 15 is 0 Å². The number of hydrogen-bond acceptors (Lipinski definition) is 5. The number of nitrogens with zero attached hydrogens (tertiary/aromatic N) is 2. The van der Waals surface area contributed by atoms with Gasteiger partial charge in [-0.1, -0.05) is 18.2 Å². The molecule has 2 unspecified atom stereocenters. The Hall–Kier alpha value is -2.60. The molecule has 5 fully saturated rings. The molecule has 1 amide bonds. The minimum Gasteiger partial charge on any atom is -0.497 e. The molecule has 2 N–H and O–H groups in total. The van der Waals surface area contributed by atoms with Crippen LogP contribution in [-0.2, 0) is 0 Å². The molecule has 1 aromatic carbocycles. The first-order valence-corrected chi connectivity index (χ1v) is 12.9. The average molecular weight is 462 g/mol. The van der Waals surface area contributed by atoms with Crippen LogP contribution in [0.25, 0.3) is 0 Å². The first-order chi connectivity index (χ1) is 16.5. The fourth-order valence-electron chi connectivity index (χ4n) is 7.49. The number of aliphatic hydroxyl groups is 1. The standard InChI is InChI=1S/C28H35N3O3/c1-34-23-7-5-19(6-8-23)20-9-11-31(12-10-20)25-4-2-3-24(29-25)27(32)30-26-21-13-18-14-22(26)17-28(33,15-18)16-21/h2-8,18,20-22,26,33H,9-17H2,1H3,(H,30,32). The largest absolute Gasteiger partial charge is 0.497 e. The number of pyridine rings is 1. The molecular weight excluding hydrogens is 426 g/mol. The van der Waals surface area contributed by atoms with E-state index in [2.05, 4.69) is 22.3 Å². The molecule has 1 aliphatic heterocycles. The summed E-state index contributed by atoms with van der Waals surface area (Å²) < 4.78 is 5.28. The third-order valence-electron chi connectivity index (χ3n) is 8.91. The molecule has 0 radical (unpaired) electrons. The summed E-state index contributed by atoms with van der Waals surface area (Å²) in [6.07, 6.45) is 7.04. The van der Waals surface area contributed by atoms with Crippen LogP contribution in [0.1, 0.15) is 66.9 Å². The van der Waals surface area contributed by atoms with Crippen LogP contribution in [0.3, 0.4) is 0 Å². The van der Waals surface area contributed by atoms with E-state index in [4.69, 9.17) is 9.72 Å². The second kappa shape index (κ2) is 8.56. The molecule has 7 rings (SSSR count). The highest BCUT2D eigenvalue weighted by atomic mass is 16.5. The van der Waals surface area contributed by atoms with Crippen LogP contribution < -0.4 is 15.0 Å². The molecule has 1 saturated heterocycles. The number of benzene rings is 1. The summed E-state index contributed by atoms with van der Waals surface area (Å²) in [4.78, 5) is 20.2. The first-order valence-electron chi connectivity index (χ1n) is 12.9. The first kappa shape index (κ1) is 21.9. The summed E-state index contributed by atoms with van der Waals surface area (Å²) >= 11 is 0. The van der Waals surface area contributed by atoms with Crippen molar-refractivity contribution in [3.05, 3.63) is 53.7 Å². The van der Waals surface area contributed by atoms with E-state index in [0.29, 0.717) is 29.4 Å². The summed E-state index contributed by atoms with van der Waals surface area (Å²) in [6, 6.07) is 14.4. The molecule has 1 aromatic heterocycles. The van der Waals surface area contributed by atoms with Crippen LogP contribution in [0.4, 0.5) is 5.82 Å². The Morgan fingerprint density at radius 1 is 1.06 bits per heavy atom. The number of piperidine rings is 1. The number of amides is 1. The van der Waals surface area contributed by atoms with E-state index in [1.54, 1.807) is 7.11 Å². The molecule has 2 atom stereocenters. The van der Waals surface area contributed by atoms with Crippen molar-refractivity contribution in [2.45, 2.75) is 62.5 Å². The third-order valence-corrected chi connectivity index (χ3v) is 8.91. The summed E-state index contributed by atoms with van der Waals surface area (Å²) in [5, 5.41) is 14.2. The van der Waals surface area contributed by atoms with Gasteiger partial charge < -0.3 is 20.1 Å². The van der Waals surface area contributed by atoms with E-state index in [0.717, 1.165) is 69.6 Å². The smallest absolute Gasteiger partial charge is 0.270 e. The number of nitrogens with one attached hydrogen (secondary N) is 1. The zero-order valence-electron chi connectivity index (χ0n) is 20.0. The quantitative estimate of drug-likeness (QED) is 0.700. The number of aromatic nitrogens is 1. The fraction of sp³-hybridized carbons (Fsp3) is 0.571. The van der Waals surface area contributed by atoms with Gasteiger partial charge in [-0.25, -0.2) is 4.98 Å². The molecule has 6 heteroatoms. The van der Waals surface area contributed by atoms with Crippen molar-refractivity contribution in [1.82, 2.24) is 10.3 Å². The van der Waals surface area contributed by atoms with E-state index in [-0.39, 0.29) is 11.9 Å². The van der Waals surface area contributed by atoms with Gasteiger partial charge in [-0.3, -0.25) is 4.79 Å². The van der Waals surface area contributed by atoms with E-state index < -0.39 is 5.60 Å². The Labute approximate surface area is 201 Å². The van der Waals surface area contributed by atoms with Crippen molar-refractivity contribution in [3.63, 3.8) is 0 Å². The highest BCUT2D eigenvalue weighted by molar-refractivity contribution is 5.93. The summed E-state index contributed by atoms with van der Waals surface area (Å²) in [5.41, 5.74) is 1.39. The lowest BCUT2D eigenvalue weighted by atomic mass is 9.52. The van der Waals surface area contributed by atoms with Crippen molar-refractivity contribution in [1.29, 1.82) is 0 Å². The minimum atomic E-state index is -0.478. The lowest BCUT2D eigenvalue weighted by Gasteiger charge is -2.58. The molecule has 0 spiro atoms. The Bertz CT molecular complexity index is 1030. The van der Waals surface area contributed by atoms with Crippen molar-refractivity contribution < 1.29 is 14.6 Å². The monoisotopic (exact) mass is 461 g/mol. The van der Waals surface area contributed by atoms with Gasteiger partial charge in [0.1, 0.15) is 17.3 Å². The van der Waals surface area contributed by atoms with Gasteiger partial charge in [-0.05, 0) is 98.4 Å². The van der Waals surface area contributed by atoms with Crippen LogP contribution >= 0.6 is 0 Å². The van der Waals surface area contributed by atoms with Crippen LogP contribution in [-0.4, -0.2) is 47.8 Å². The summed E-state index contributed by atoms with van der Waals surface area (Å²) in [7, 11) is 1.70. The van der Waals surface area contributed by atoms with Gasteiger partial charge >= 0.3 is 0 Å². The topological polar surface area (TPSA) is 74.7 Å². The van der Waals surface area contributed by atoms with Gasteiger partial charge in [0.05, 0.1) is 12.7 Å². The zero-order chi connectivity index (χ0) is 23.3. The molecular formula is C28H35N3O3. The molecule has 2 aromatic rings. The van der Waals surface area contributed by atoms with Gasteiger partial charge in [0.25, 0.3) is 5.91 Å². The van der Waals surface area contributed by atoms with E-state index in [1.807, 2.05) is 30.3 Å². The SMILES string of the molecule is COc1ccc(C2CCN(c3cccc(C(=O)NC4C5CC6CC4CC(O)(C6)C5)n3)CC2)cc1. The second-order valence-corrected chi connectivity index (χ2v) is 11.1. The normalized spacial score (nSPS) is 32.6. The summed E-state index contributed by atoms with van der Waals surface area (Å²) in [5.74, 6) is 3.70. The highest BCUT2D eigenvalue weighted by Crippen LogP contribution is 2.55. The lowest BCUT2D eigenvalue weighted by molar-refractivity contribution is -0.136. The molecule has 180 valence electrons. The number of ether oxygens (including phenoxy) is 1. The zero-order valence-corrected chi connectivity index (χ0v) is 20.0. The maximum atomic E-state index is 13.2.